The van der Waals surface area contributed by atoms with Crippen LogP contribution in [0.4, 0.5) is 0 Å². The van der Waals surface area contributed by atoms with E-state index in [2.05, 4.69) is 24.5 Å². The van der Waals surface area contributed by atoms with Crippen LogP contribution in [-0.4, -0.2) is 15.6 Å². The number of carbonyl (C=O) groups is 1. The van der Waals surface area contributed by atoms with Crippen LogP contribution in [0.5, 0.6) is 0 Å². The third kappa shape index (κ3) is 1.70. The summed E-state index contributed by atoms with van der Waals surface area (Å²) in [4.78, 5) is 11.5. The van der Waals surface area contributed by atoms with Crippen LogP contribution in [-0.2, 0) is 16.8 Å². The van der Waals surface area contributed by atoms with E-state index in [0.29, 0.717) is 0 Å². The average Bonchev–Trinajstić information content (AvgIpc) is 2.63. The molecule has 0 aliphatic rings. The third-order valence-electron chi connectivity index (χ3n) is 3.65. The number of hydrogen-bond donors (Lipinski definition) is 1. The molecule has 0 amide bonds. The Balaban J connectivity index is 2.83. The molecule has 1 N–H and O–H groups in total. The van der Waals surface area contributed by atoms with E-state index in [1.807, 2.05) is 18.2 Å². The minimum Gasteiger partial charge on any atom is -0.481 e. The lowest BCUT2D eigenvalue weighted by Crippen LogP contribution is -2.29. The minimum absolute atomic E-state index is 0.795. The van der Waals surface area contributed by atoms with Gasteiger partial charge < -0.3 is 9.67 Å². The molecule has 3 heteroatoms. The molecule has 1 heterocycles. The van der Waals surface area contributed by atoms with Gasteiger partial charge in [0.2, 0.25) is 0 Å². The highest BCUT2D eigenvalue weighted by Crippen LogP contribution is 2.32. The molecule has 18 heavy (non-hydrogen) atoms. The molecule has 0 saturated heterocycles. The maximum atomic E-state index is 11.5. The van der Waals surface area contributed by atoms with E-state index in [-0.39, 0.29) is 0 Å². The van der Waals surface area contributed by atoms with Crippen molar-refractivity contribution in [2.45, 2.75) is 39.7 Å². The smallest absolute Gasteiger partial charge is 0.313 e. The predicted octanol–water partition coefficient (Wildman–Crippen LogP) is 3.33. The summed E-state index contributed by atoms with van der Waals surface area (Å²) >= 11 is 0. The highest BCUT2D eigenvalue weighted by molar-refractivity contribution is 5.91. The molecule has 0 fully saturated rings. The first-order valence-electron chi connectivity index (χ1n) is 6.22. The van der Waals surface area contributed by atoms with Crippen molar-refractivity contribution in [3.63, 3.8) is 0 Å². The van der Waals surface area contributed by atoms with Gasteiger partial charge in [0.25, 0.3) is 0 Å². The normalized spacial score (nSPS) is 12.0. The summed E-state index contributed by atoms with van der Waals surface area (Å²) in [5.74, 6) is -0.795. The van der Waals surface area contributed by atoms with Gasteiger partial charge in [-0.2, -0.15) is 0 Å². The SMILES string of the molecule is CCn1c(C)cc2cccc(C(C)(C)C(=O)O)c21. The number of hydrogen-bond acceptors (Lipinski definition) is 1. The maximum absolute atomic E-state index is 11.5. The number of nitrogens with zero attached hydrogens (tertiary/aromatic N) is 1. The molecule has 2 aromatic rings. The van der Waals surface area contributed by atoms with Crippen LogP contribution in [0.2, 0.25) is 0 Å². The fourth-order valence-corrected chi connectivity index (χ4v) is 2.49. The van der Waals surface area contributed by atoms with E-state index < -0.39 is 11.4 Å². The van der Waals surface area contributed by atoms with E-state index in [1.165, 1.54) is 5.69 Å². The third-order valence-corrected chi connectivity index (χ3v) is 3.65. The minimum atomic E-state index is -0.878. The second kappa shape index (κ2) is 4.16. The number of carboxylic acids is 1. The summed E-state index contributed by atoms with van der Waals surface area (Å²) < 4.78 is 2.18. The quantitative estimate of drug-likeness (QED) is 0.901. The van der Waals surface area contributed by atoms with Gasteiger partial charge in [0.05, 0.1) is 10.9 Å². The summed E-state index contributed by atoms with van der Waals surface area (Å²) in [5, 5.41) is 10.5. The van der Waals surface area contributed by atoms with Crippen molar-refractivity contribution in [3.05, 3.63) is 35.5 Å². The molecule has 1 aromatic carbocycles. The lowest BCUT2D eigenvalue weighted by Gasteiger charge is -2.22. The highest BCUT2D eigenvalue weighted by atomic mass is 16.4. The Hall–Kier alpha value is -1.77. The standard InChI is InChI=1S/C15H19NO2/c1-5-16-10(2)9-11-7-6-8-12(13(11)16)15(3,4)14(17)18/h6-9H,5H2,1-4H3,(H,17,18). The summed E-state index contributed by atoms with van der Waals surface area (Å²) in [7, 11) is 0. The number of benzene rings is 1. The predicted molar refractivity (Wildman–Crippen MR) is 73.0 cm³/mol. The fraction of sp³-hybridized carbons (Fsp3) is 0.400. The van der Waals surface area contributed by atoms with Gasteiger partial charge >= 0.3 is 5.97 Å². The molecule has 0 aliphatic carbocycles. The second-order valence-electron chi connectivity index (χ2n) is 5.20. The number of para-hydroxylation sites is 1. The molecule has 2 rings (SSSR count). The molecule has 0 spiro atoms. The average molecular weight is 245 g/mol. The number of aromatic nitrogens is 1. The Morgan fingerprint density at radius 2 is 2.06 bits per heavy atom. The first kappa shape index (κ1) is 12.7. The van der Waals surface area contributed by atoms with Crippen LogP contribution in [0.3, 0.4) is 0 Å². The van der Waals surface area contributed by atoms with E-state index in [0.717, 1.165) is 23.0 Å². The lowest BCUT2D eigenvalue weighted by atomic mass is 9.83. The Kier molecular flexibility index (Phi) is 2.93. The van der Waals surface area contributed by atoms with E-state index in [4.69, 9.17) is 0 Å². The Morgan fingerprint density at radius 3 is 2.61 bits per heavy atom. The van der Waals surface area contributed by atoms with Gasteiger partial charge in [-0.15, -0.1) is 0 Å². The first-order chi connectivity index (χ1) is 8.39. The number of aliphatic carboxylic acids is 1. The van der Waals surface area contributed by atoms with Gasteiger partial charge in [-0.1, -0.05) is 18.2 Å². The van der Waals surface area contributed by atoms with Crippen molar-refractivity contribution in [3.8, 4) is 0 Å². The van der Waals surface area contributed by atoms with Gasteiger partial charge in [0.1, 0.15) is 0 Å². The van der Waals surface area contributed by atoms with Gasteiger partial charge in [-0.05, 0) is 39.3 Å². The van der Waals surface area contributed by atoms with Crippen LogP contribution in [0.1, 0.15) is 32.0 Å². The van der Waals surface area contributed by atoms with Crippen molar-refractivity contribution >= 4 is 16.9 Å². The van der Waals surface area contributed by atoms with E-state index >= 15 is 0 Å². The molecule has 0 saturated carbocycles. The van der Waals surface area contributed by atoms with Crippen molar-refractivity contribution in [2.75, 3.05) is 0 Å². The molecule has 0 atom stereocenters. The maximum Gasteiger partial charge on any atom is 0.313 e. The van der Waals surface area contributed by atoms with Crippen LogP contribution >= 0.6 is 0 Å². The molecular weight excluding hydrogens is 226 g/mol. The molecule has 96 valence electrons. The number of fused-ring (bicyclic) bond motifs is 1. The van der Waals surface area contributed by atoms with Crippen LogP contribution < -0.4 is 0 Å². The molecule has 0 unspecified atom stereocenters. The molecule has 3 nitrogen and oxygen atoms in total. The molecule has 0 radical (unpaired) electrons. The van der Waals surface area contributed by atoms with E-state index in [9.17, 15) is 9.90 Å². The summed E-state index contributed by atoms with van der Waals surface area (Å²) in [6, 6.07) is 8.00. The van der Waals surface area contributed by atoms with E-state index in [1.54, 1.807) is 13.8 Å². The first-order valence-corrected chi connectivity index (χ1v) is 6.22. The van der Waals surface area contributed by atoms with Crippen molar-refractivity contribution < 1.29 is 9.90 Å². The summed E-state index contributed by atoms with van der Waals surface area (Å²) in [5.41, 5.74) is 2.21. The zero-order valence-corrected chi connectivity index (χ0v) is 11.3. The monoisotopic (exact) mass is 245 g/mol. The van der Waals surface area contributed by atoms with Crippen LogP contribution in [0.25, 0.3) is 10.9 Å². The lowest BCUT2D eigenvalue weighted by molar-refractivity contribution is -0.142. The fourth-order valence-electron chi connectivity index (χ4n) is 2.49. The van der Waals surface area contributed by atoms with Gasteiger partial charge in [0.15, 0.2) is 0 Å². The second-order valence-corrected chi connectivity index (χ2v) is 5.20. The Bertz CT molecular complexity index is 608. The van der Waals surface area contributed by atoms with Crippen molar-refractivity contribution in [1.29, 1.82) is 0 Å². The molecular formula is C15H19NO2. The van der Waals surface area contributed by atoms with Gasteiger partial charge in [0, 0.05) is 17.6 Å². The van der Waals surface area contributed by atoms with Gasteiger partial charge in [-0.25, -0.2) is 0 Å². The largest absolute Gasteiger partial charge is 0.481 e. The molecule has 0 bridgehead atoms. The Morgan fingerprint density at radius 1 is 1.39 bits per heavy atom. The molecule has 1 aromatic heterocycles. The molecule has 0 aliphatic heterocycles. The Labute approximate surface area is 107 Å². The zero-order valence-electron chi connectivity index (χ0n) is 11.3. The summed E-state index contributed by atoms with van der Waals surface area (Å²) in [6.07, 6.45) is 0. The topological polar surface area (TPSA) is 42.2 Å². The zero-order chi connectivity index (χ0) is 13.5. The summed E-state index contributed by atoms with van der Waals surface area (Å²) in [6.45, 7) is 8.50. The van der Waals surface area contributed by atoms with Crippen molar-refractivity contribution in [1.82, 2.24) is 4.57 Å². The number of aryl methyl sites for hydroxylation is 2. The van der Waals surface area contributed by atoms with Gasteiger partial charge in [-0.3, -0.25) is 4.79 Å². The number of carboxylic acid groups (broad SMARTS) is 1. The van der Waals surface area contributed by atoms with Crippen LogP contribution in [0.15, 0.2) is 24.3 Å². The van der Waals surface area contributed by atoms with Crippen LogP contribution in [0, 0.1) is 6.92 Å². The number of rotatable bonds is 3. The highest BCUT2D eigenvalue weighted by Gasteiger charge is 2.32. The van der Waals surface area contributed by atoms with Crippen molar-refractivity contribution in [2.24, 2.45) is 0 Å².